The summed E-state index contributed by atoms with van der Waals surface area (Å²) in [6.45, 7) is -1.86. The third kappa shape index (κ3) is 4.45. The van der Waals surface area contributed by atoms with Crippen molar-refractivity contribution in [3.05, 3.63) is 29.3 Å². The number of alkyl halides is 6. The summed E-state index contributed by atoms with van der Waals surface area (Å²) in [6, 6.07) is 1.86. The molecule has 0 N–H and O–H groups in total. The van der Waals surface area contributed by atoms with Gasteiger partial charge in [-0.3, -0.25) is 4.79 Å². The van der Waals surface area contributed by atoms with Crippen LogP contribution in [0.3, 0.4) is 0 Å². The molecule has 1 aromatic carbocycles. The maximum Gasteiger partial charge on any atom is 0.416 e. The summed E-state index contributed by atoms with van der Waals surface area (Å²) in [7, 11) is 0. The molecule has 0 spiro atoms. The van der Waals surface area contributed by atoms with Gasteiger partial charge in [-0.15, -0.1) is 0 Å². The van der Waals surface area contributed by atoms with Crippen LogP contribution in [-0.2, 0) is 6.18 Å². The summed E-state index contributed by atoms with van der Waals surface area (Å²) in [5.41, 5.74) is -1.57. The lowest BCUT2D eigenvalue weighted by Gasteiger charge is -2.13. The molecule has 2 nitrogen and oxygen atoms in total. The van der Waals surface area contributed by atoms with Gasteiger partial charge in [0.15, 0.2) is 5.78 Å². The highest BCUT2D eigenvalue weighted by Gasteiger charge is 2.32. The maximum absolute atomic E-state index is 12.6. The van der Waals surface area contributed by atoms with E-state index in [2.05, 4.69) is 20.7 Å². The number of hydrogen-bond donors (Lipinski definition) is 0. The number of carbonyl (C=O) groups excluding carboxylic acids is 1. The lowest BCUT2D eigenvalue weighted by molar-refractivity contribution is -0.138. The van der Waals surface area contributed by atoms with Crippen LogP contribution in [0.25, 0.3) is 0 Å². The molecule has 0 heterocycles. The van der Waals surface area contributed by atoms with Gasteiger partial charge in [0.1, 0.15) is 5.75 Å². The molecule has 0 fully saturated rings. The second-order valence-corrected chi connectivity index (χ2v) is 4.98. The van der Waals surface area contributed by atoms with Gasteiger partial charge in [0.25, 0.3) is 0 Å². The first-order chi connectivity index (χ1) is 8.61. The molecule has 0 aliphatic rings. The Hall–Kier alpha value is -1.18. The molecule has 0 saturated heterocycles. The Morgan fingerprint density at radius 1 is 1.26 bits per heavy atom. The quantitative estimate of drug-likeness (QED) is 0.462. The zero-order valence-corrected chi connectivity index (χ0v) is 11.1. The number of benzene rings is 1. The van der Waals surface area contributed by atoms with Crippen molar-refractivity contribution in [2.24, 2.45) is 0 Å². The highest BCUT2D eigenvalue weighted by Crippen LogP contribution is 2.33. The van der Waals surface area contributed by atoms with Gasteiger partial charge in [0, 0.05) is 5.56 Å². The first kappa shape index (κ1) is 15.9. The highest BCUT2D eigenvalue weighted by molar-refractivity contribution is 9.10. The minimum absolute atomic E-state index is 0.352. The van der Waals surface area contributed by atoms with E-state index in [9.17, 15) is 26.7 Å². The number of carbonyl (C=O) groups is 1. The molecule has 0 aliphatic carbocycles. The van der Waals surface area contributed by atoms with Gasteiger partial charge in [0.05, 0.1) is 10.4 Å². The lowest BCUT2D eigenvalue weighted by atomic mass is 10.0. The summed E-state index contributed by atoms with van der Waals surface area (Å²) < 4.78 is 65.8. The molecule has 1 atom stereocenters. The normalized spacial score (nSPS) is 13.5. The van der Waals surface area contributed by atoms with Crippen LogP contribution in [0.15, 0.2) is 18.2 Å². The molecule has 0 saturated carbocycles. The Balaban J connectivity index is 3.28. The van der Waals surface area contributed by atoms with Crippen molar-refractivity contribution in [3.63, 3.8) is 0 Å². The molecule has 0 bridgehead atoms. The van der Waals surface area contributed by atoms with Crippen LogP contribution in [0.5, 0.6) is 5.75 Å². The predicted octanol–water partition coefficient (Wildman–Crippen LogP) is 4.27. The Morgan fingerprint density at radius 2 is 1.84 bits per heavy atom. The van der Waals surface area contributed by atoms with Crippen molar-refractivity contribution < 1.29 is 31.5 Å². The molecular formula is C11H8BrF5O2. The summed E-state index contributed by atoms with van der Waals surface area (Å²) in [5.74, 6) is -1.37. The van der Waals surface area contributed by atoms with E-state index in [1.54, 1.807) is 0 Å². The van der Waals surface area contributed by atoms with Crippen LogP contribution < -0.4 is 4.74 Å². The van der Waals surface area contributed by atoms with Crippen molar-refractivity contribution in [2.75, 3.05) is 0 Å². The van der Waals surface area contributed by atoms with E-state index in [0.29, 0.717) is 12.1 Å². The van der Waals surface area contributed by atoms with E-state index in [1.807, 2.05) is 0 Å². The van der Waals surface area contributed by atoms with Crippen molar-refractivity contribution in [1.29, 1.82) is 0 Å². The summed E-state index contributed by atoms with van der Waals surface area (Å²) in [5, 5.41) is 0. The Kier molecular flexibility index (Phi) is 4.89. The first-order valence-corrected chi connectivity index (χ1v) is 5.88. The minimum atomic E-state index is -4.76. The Bertz CT molecular complexity index is 471. The van der Waals surface area contributed by atoms with Crippen LogP contribution >= 0.6 is 15.9 Å². The summed E-state index contributed by atoms with van der Waals surface area (Å²) in [4.78, 5) is 10.9. The minimum Gasteiger partial charge on any atom is -0.435 e. The molecule has 1 aromatic rings. The zero-order valence-electron chi connectivity index (χ0n) is 9.47. The third-order valence-corrected chi connectivity index (χ3v) is 2.52. The fourth-order valence-corrected chi connectivity index (χ4v) is 1.57. The molecule has 19 heavy (non-hydrogen) atoms. The van der Waals surface area contributed by atoms with Crippen molar-refractivity contribution >= 4 is 21.7 Å². The Morgan fingerprint density at radius 3 is 2.26 bits per heavy atom. The summed E-state index contributed by atoms with van der Waals surface area (Å²) in [6.07, 6.45) is -4.76. The van der Waals surface area contributed by atoms with E-state index >= 15 is 0 Å². The van der Waals surface area contributed by atoms with E-state index in [0.717, 1.165) is 6.07 Å². The monoisotopic (exact) mass is 346 g/mol. The zero-order chi connectivity index (χ0) is 14.8. The van der Waals surface area contributed by atoms with Gasteiger partial charge < -0.3 is 4.74 Å². The highest BCUT2D eigenvalue weighted by atomic mass is 79.9. The number of rotatable bonds is 4. The number of Topliss-reactive ketones (excluding diaryl/α,β-unsaturated/α-hetero) is 1. The van der Waals surface area contributed by atoms with Crippen LogP contribution in [0.4, 0.5) is 22.0 Å². The Labute approximate surface area is 113 Å². The van der Waals surface area contributed by atoms with Crippen LogP contribution in [-0.4, -0.2) is 17.2 Å². The van der Waals surface area contributed by atoms with Crippen molar-refractivity contribution in [1.82, 2.24) is 0 Å². The van der Waals surface area contributed by atoms with Gasteiger partial charge >= 0.3 is 12.8 Å². The van der Waals surface area contributed by atoms with E-state index in [4.69, 9.17) is 0 Å². The standard InChI is InChI=1S/C11H8BrF5O2/c1-5(12)9(18)6-2-7(11(15,16)17)4-8(3-6)19-10(13)14/h2-5,10H,1H3. The van der Waals surface area contributed by atoms with Gasteiger partial charge in [-0.25, -0.2) is 0 Å². The second-order valence-electron chi connectivity index (χ2n) is 3.60. The number of halogens is 6. The largest absolute Gasteiger partial charge is 0.435 e. The molecule has 0 radical (unpaired) electrons. The summed E-state index contributed by atoms with van der Waals surface area (Å²) >= 11 is 2.91. The third-order valence-electron chi connectivity index (χ3n) is 2.10. The number of ketones is 1. The topological polar surface area (TPSA) is 26.3 Å². The fourth-order valence-electron chi connectivity index (χ4n) is 1.31. The average Bonchev–Trinajstić information content (AvgIpc) is 2.25. The van der Waals surface area contributed by atoms with Crippen molar-refractivity contribution in [3.8, 4) is 5.75 Å². The van der Waals surface area contributed by atoms with E-state index in [-0.39, 0.29) is 5.56 Å². The molecule has 8 heteroatoms. The second kappa shape index (κ2) is 5.85. The van der Waals surface area contributed by atoms with Crippen LogP contribution in [0.2, 0.25) is 0 Å². The van der Waals surface area contributed by atoms with Gasteiger partial charge in [-0.1, -0.05) is 15.9 Å². The average molecular weight is 347 g/mol. The SMILES string of the molecule is CC(Br)C(=O)c1cc(OC(F)F)cc(C(F)(F)F)c1. The number of ether oxygens (including phenoxy) is 1. The number of hydrogen-bond acceptors (Lipinski definition) is 2. The van der Waals surface area contributed by atoms with E-state index < -0.39 is 34.7 Å². The van der Waals surface area contributed by atoms with Crippen LogP contribution in [0, 0.1) is 0 Å². The lowest BCUT2D eigenvalue weighted by Crippen LogP contribution is -2.14. The molecule has 106 valence electrons. The molecular weight excluding hydrogens is 339 g/mol. The molecule has 1 rings (SSSR count). The van der Waals surface area contributed by atoms with Gasteiger partial charge in [-0.05, 0) is 25.1 Å². The molecule has 1 unspecified atom stereocenters. The van der Waals surface area contributed by atoms with Crippen LogP contribution in [0.1, 0.15) is 22.8 Å². The van der Waals surface area contributed by atoms with E-state index in [1.165, 1.54) is 6.92 Å². The molecule has 0 aromatic heterocycles. The van der Waals surface area contributed by atoms with Gasteiger partial charge in [0.2, 0.25) is 0 Å². The first-order valence-electron chi connectivity index (χ1n) is 4.96. The van der Waals surface area contributed by atoms with Gasteiger partial charge in [-0.2, -0.15) is 22.0 Å². The fraction of sp³-hybridized carbons (Fsp3) is 0.364. The molecule has 0 amide bonds. The maximum atomic E-state index is 12.6. The van der Waals surface area contributed by atoms with Crippen molar-refractivity contribution in [2.45, 2.75) is 24.5 Å². The molecule has 0 aliphatic heterocycles. The smallest absolute Gasteiger partial charge is 0.416 e. The predicted molar refractivity (Wildman–Crippen MR) is 60.8 cm³/mol.